The molecule has 0 spiro atoms. The van der Waals surface area contributed by atoms with Gasteiger partial charge in [-0.1, -0.05) is 19.4 Å². The van der Waals surface area contributed by atoms with Crippen LogP contribution in [0.15, 0.2) is 30.5 Å². The van der Waals surface area contributed by atoms with Crippen molar-refractivity contribution in [2.24, 2.45) is 0 Å². The minimum Gasteiger partial charge on any atom is -0.493 e. The van der Waals surface area contributed by atoms with E-state index in [2.05, 4.69) is 49.7 Å². The number of pyridine rings is 1. The highest BCUT2D eigenvalue weighted by Gasteiger charge is 2.47. The van der Waals surface area contributed by atoms with Gasteiger partial charge < -0.3 is 9.64 Å². The van der Waals surface area contributed by atoms with Gasteiger partial charge in [0.1, 0.15) is 11.4 Å². The number of likely N-dealkylation sites (tertiary alicyclic amines) is 2. The molecule has 34 heavy (non-hydrogen) atoms. The van der Waals surface area contributed by atoms with Crippen molar-refractivity contribution in [3.8, 4) is 5.75 Å². The van der Waals surface area contributed by atoms with Crippen molar-refractivity contribution in [1.29, 1.82) is 0 Å². The van der Waals surface area contributed by atoms with Gasteiger partial charge in [-0.2, -0.15) is 13.2 Å². The van der Waals surface area contributed by atoms with Crippen molar-refractivity contribution in [2.75, 3.05) is 19.7 Å². The molecular weight excluding hydrogens is 443 g/mol. The summed E-state index contributed by atoms with van der Waals surface area (Å²) in [7, 11) is 0. The SMILES string of the molecule is CCCCOc1ccc([C@H](C)N2C[C@@H]3C[C@H]2CN3C(=O)c2ccc(C(F)(F)F)nc2)c(C)c1C. The molecule has 0 N–H and O–H groups in total. The molecule has 5 nitrogen and oxygen atoms in total. The second kappa shape index (κ2) is 9.56. The largest absolute Gasteiger partial charge is 0.493 e. The number of benzene rings is 1. The molecule has 1 aromatic heterocycles. The van der Waals surface area contributed by atoms with Crippen LogP contribution < -0.4 is 4.74 Å². The Morgan fingerprint density at radius 2 is 1.91 bits per heavy atom. The Labute approximate surface area is 198 Å². The lowest BCUT2D eigenvalue weighted by Gasteiger charge is -2.38. The Balaban J connectivity index is 1.42. The number of aromatic nitrogens is 1. The molecule has 0 radical (unpaired) electrons. The van der Waals surface area contributed by atoms with Crippen LogP contribution in [0, 0.1) is 13.8 Å². The molecule has 2 bridgehead atoms. The van der Waals surface area contributed by atoms with Crippen molar-refractivity contribution in [3.05, 3.63) is 58.4 Å². The normalized spacial score (nSPS) is 21.2. The molecule has 1 amide bonds. The fourth-order valence-electron chi connectivity index (χ4n) is 5.21. The van der Waals surface area contributed by atoms with Crippen molar-refractivity contribution in [1.82, 2.24) is 14.8 Å². The number of nitrogens with zero attached hydrogens (tertiary/aromatic N) is 3. The molecule has 1 aromatic carbocycles. The summed E-state index contributed by atoms with van der Waals surface area (Å²) in [6.07, 6.45) is -0.472. The van der Waals surface area contributed by atoms with E-state index in [1.165, 1.54) is 17.2 Å². The van der Waals surface area contributed by atoms with Gasteiger partial charge in [0.05, 0.1) is 12.2 Å². The third-order valence-corrected chi connectivity index (χ3v) is 7.33. The van der Waals surface area contributed by atoms with Gasteiger partial charge in [-0.3, -0.25) is 14.7 Å². The first kappa shape index (κ1) is 24.5. The number of carbonyl (C=O) groups excluding carboxylic acids is 1. The Bertz CT molecular complexity index is 1040. The fraction of sp³-hybridized carbons (Fsp3) is 0.538. The first-order valence-electron chi connectivity index (χ1n) is 11.9. The predicted molar refractivity (Wildman–Crippen MR) is 124 cm³/mol. The highest BCUT2D eigenvalue weighted by molar-refractivity contribution is 5.94. The number of amides is 1. The zero-order chi connectivity index (χ0) is 24.6. The fourth-order valence-corrected chi connectivity index (χ4v) is 5.21. The number of hydrogen-bond donors (Lipinski definition) is 0. The quantitative estimate of drug-likeness (QED) is 0.492. The Hall–Kier alpha value is -2.61. The van der Waals surface area contributed by atoms with E-state index in [4.69, 9.17) is 4.74 Å². The summed E-state index contributed by atoms with van der Waals surface area (Å²) in [6, 6.07) is 6.79. The average molecular weight is 476 g/mol. The number of halogens is 3. The van der Waals surface area contributed by atoms with E-state index >= 15 is 0 Å². The topological polar surface area (TPSA) is 45.7 Å². The first-order chi connectivity index (χ1) is 16.1. The standard InChI is InChI=1S/C26H32F3N3O2/c1-5-6-11-34-23-9-8-22(16(2)17(23)3)18(4)31-14-21-12-20(31)15-32(21)25(33)19-7-10-24(30-13-19)26(27,28)29/h7-10,13,18,20-21H,5-6,11-12,14-15H2,1-4H3/t18-,20-,21-/m0/s1. The summed E-state index contributed by atoms with van der Waals surface area (Å²) in [5.41, 5.74) is 2.87. The minimum atomic E-state index is -4.51. The van der Waals surface area contributed by atoms with Crippen LogP contribution in [-0.2, 0) is 6.18 Å². The second-order valence-electron chi connectivity index (χ2n) is 9.41. The molecule has 2 aromatic rings. The van der Waals surface area contributed by atoms with E-state index in [-0.39, 0.29) is 29.6 Å². The lowest BCUT2D eigenvalue weighted by atomic mass is 9.96. The molecule has 3 heterocycles. The molecule has 2 aliphatic heterocycles. The first-order valence-corrected chi connectivity index (χ1v) is 11.9. The molecule has 0 saturated carbocycles. The molecule has 2 fully saturated rings. The van der Waals surface area contributed by atoms with E-state index in [9.17, 15) is 18.0 Å². The number of unbranched alkanes of at least 4 members (excludes halogenated alkanes) is 1. The Morgan fingerprint density at radius 1 is 1.15 bits per heavy atom. The summed E-state index contributed by atoms with van der Waals surface area (Å²) in [6.45, 7) is 10.6. The molecule has 2 aliphatic rings. The smallest absolute Gasteiger partial charge is 0.433 e. The summed E-state index contributed by atoms with van der Waals surface area (Å²) < 4.78 is 44.3. The van der Waals surface area contributed by atoms with Crippen molar-refractivity contribution in [3.63, 3.8) is 0 Å². The van der Waals surface area contributed by atoms with Crippen LogP contribution in [0.4, 0.5) is 13.2 Å². The van der Waals surface area contributed by atoms with Gasteiger partial charge in [0.15, 0.2) is 0 Å². The van der Waals surface area contributed by atoms with E-state index in [0.717, 1.165) is 56.0 Å². The second-order valence-corrected chi connectivity index (χ2v) is 9.41. The number of hydrogen-bond acceptors (Lipinski definition) is 4. The molecule has 0 aliphatic carbocycles. The van der Waals surface area contributed by atoms with Crippen molar-refractivity contribution in [2.45, 2.75) is 71.3 Å². The summed E-state index contributed by atoms with van der Waals surface area (Å²) >= 11 is 0. The third kappa shape index (κ3) is 4.65. The number of ether oxygens (including phenoxy) is 1. The molecule has 4 rings (SSSR count). The Kier molecular flexibility index (Phi) is 6.90. The van der Waals surface area contributed by atoms with E-state index < -0.39 is 11.9 Å². The van der Waals surface area contributed by atoms with Crippen LogP contribution >= 0.6 is 0 Å². The van der Waals surface area contributed by atoms with E-state index in [0.29, 0.717) is 6.54 Å². The zero-order valence-corrected chi connectivity index (χ0v) is 20.2. The van der Waals surface area contributed by atoms with Crippen LogP contribution in [0.25, 0.3) is 0 Å². The van der Waals surface area contributed by atoms with Gasteiger partial charge in [-0.05, 0) is 68.5 Å². The number of carbonyl (C=O) groups is 1. The minimum absolute atomic E-state index is 0.0558. The van der Waals surface area contributed by atoms with Gasteiger partial charge in [0.2, 0.25) is 0 Å². The predicted octanol–water partition coefficient (Wildman–Crippen LogP) is 5.56. The number of fused-ring (bicyclic) bond motifs is 2. The van der Waals surface area contributed by atoms with Crippen LogP contribution in [0.2, 0.25) is 0 Å². The molecule has 8 heteroatoms. The molecular formula is C26H32F3N3O2. The molecule has 3 atom stereocenters. The third-order valence-electron chi connectivity index (χ3n) is 7.33. The van der Waals surface area contributed by atoms with Crippen LogP contribution in [0.3, 0.4) is 0 Å². The molecule has 0 unspecified atom stereocenters. The van der Waals surface area contributed by atoms with E-state index in [1.54, 1.807) is 4.90 Å². The van der Waals surface area contributed by atoms with Crippen molar-refractivity contribution >= 4 is 5.91 Å². The van der Waals surface area contributed by atoms with Crippen LogP contribution in [0.1, 0.15) is 71.9 Å². The highest BCUT2D eigenvalue weighted by atomic mass is 19.4. The van der Waals surface area contributed by atoms with Gasteiger partial charge in [0, 0.05) is 37.4 Å². The maximum Gasteiger partial charge on any atom is 0.433 e. The number of rotatable bonds is 7. The van der Waals surface area contributed by atoms with Gasteiger partial charge >= 0.3 is 6.18 Å². The zero-order valence-electron chi connectivity index (χ0n) is 20.2. The lowest BCUT2D eigenvalue weighted by Crippen LogP contribution is -2.49. The monoisotopic (exact) mass is 475 g/mol. The molecule has 184 valence electrons. The molecule has 2 saturated heterocycles. The van der Waals surface area contributed by atoms with Crippen LogP contribution in [-0.4, -0.2) is 52.5 Å². The average Bonchev–Trinajstić information content (AvgIpc) is 3.42. The van der Waals surface area contributed by atoms with Crippen molar-refractivity contribution < 1.29 is 22.7 Å². The summed E-state index contributed by atoms with van der Waals surface area (Å²) in [5, 5.41) is 0. The van der Waals surface area contributed by atoms with Gasteiger partial charge in [0.25, 0.3) is 5.91 Å². The van der Waals surface area contributed by atoms with Gasteiger partial charge in [-0.25, -0.2) is 0 Å². The number of piperazine rings is 1. The summed E-state index contributed by atoms with van der Waals surface area (Å²) in [5.74, 6) is 0.688. The van der Waals surface area contributed by atoms with E-state index in [1.807, 2.05) is 0 Å². The van der Waals surface area contributed by atoms with Crippen LogP contribution in [0.5, 0.6) is 5.75 Å². The highest BCUT2D eigenvalue weighted by Crippen LogP contribution is 2.39. The summed E-state index contributed by atoms with van der Waals surface area (Å²) in [4.78, 5) is 20.6. The number of alkyl halides is 3. The van der Waals surface area contributed by atoms with Gasteiger partial charge in [-0.15, -0.1) is 0 Å². The maximum absolute atomic E-state index is 13.0. The Morgan fingerprint density at radius 3 is 2.50 bits per heavy atom. The maximum atomic E-state index is 13.0. The lowest BCUT2D eigenvalue weighted by molar-refractivity contribution is -0.141.